The number of aromatic nitrogens is 2. The summed E-state index contributed by atoms with van der Waals surface area (Å²) in [7, 11) is 0. The predicted molar refractivity (Wildman–Crippen MR) is 77.3 cm³/mol. The number of rotatable bonds is 2. The lowest BCUT2D eigenvalue weighted by Gasteiger charge is -2.07. The fraction of sp³-hybridized carbons (Fsp3) is 0.154. The van der Waals surface area contributed by atoms with Gasteiger partial charge in [0, 0.05) is 9.90 Å². The highest BCUT2D eigenvalue weighted by molar-refractivity contribution is 7.09. The van der Waals surface area contributed by atoms with Crippen molar-refractivity contribution < 1.29 is 0 Å². The minimum absolute atomic E-state index is 0.531. The number of halogens is 1. The van der Waals surface area contributed by atoms with E-state index in [2.05, 4.69) is 16.4 Å². The fourth-order valence-corrected chi connectivity index (χ4v) is 2.95. The van der Waals surface area contributed by atoms with Crippen molar-refractivity contribution in [3.63, 3.8) is 0 Å². The van der Waals surface area contributed by atoms with E-state index in [4.69, 9.17) is 17.3 Å². The molecule has 0 bridgehead atoms. The Balaban J connectivity index is 2.21. The SMILES string of the molecule is Cc1c(Cl)ccc2nc(N)n(Cc3cccs3)c12. The molecule has 18 heavy (non-hydrogen) atoms. The van der Waals surface area contributed by atoms with Crippen LogP contribution >= 0.6 is 22.9 Å². The standard InChI is InChI=1S/C13H12ClN3S/c1-8-10(14)4-5-11-12(8)17(13(15)16-11)7-9-3-2-6-18-9/h2-6H,7H2,1H3,(H2,15,16). The second-order valence-electron chi connectivity index (χ2n) is 4.18. The molecule has 3 rings (SSSR count). The van der Waals surface area contributed by atoms with Gasteiger partial charge < -0.3 is 10.3 Å². The summed E-state index contributed by atoms with van der Waals surface area (Å²) in [5, 5.41) is 2.81. The van der Waals surface area contributed by atoms with E-state index in [1.165, 1.54) is 4.88 Å². The molecular formula is C13H12ClN3S. The third-order valence-corrected chi connectivity index (χ3v) is 4.29. The lowest BCUT2D eigenvalue weighted by Crippen LogP contribution is -2.04. The van der Waals surface area contributed by atoms with E-state index in [-0.39, 0.29) is 0 Å². The predicted octanol–water partition coefficient (Wildman–Crippen LogP) is 3.69. The van der Waals surface area contributed by atoms with E-state index in [9.17, 15) is 0 Å². The molecule has 0 aliphatic heterocycles. The molecule has 2 heterocycles. The van der Waals surface area contributed by atoms with Gasteiger partial charge in [0.25, 0.3) is 0 Å². The van der Waals surface area contributed by atoms with Crippen LogP contribution in [0.3, 0.4) is 0 Å². The lowest BCUT2D eigenvalue weighted by molar-refractivity contribution is 0.850. The van der Waals surface area contributed by atoms with Crippen molar-refractivity contribution in [1.29, 1.82) is 0 Å². The molecule has 0 radical (unpaired) electrons. The molecule has 0 saturated heterocycles. The van der Waals surface area contributed by atoms with Crippen molar-refractivity contribution in [2.75, 3.05) is 5.73 Å². The number of nitrogen functional groups attached to an aromatic ring is 1. The monoisotopic (exact) mass is 277 g/mol. The van der Waals surface area contributed by atoms with Gasteiger partial charge >= 0.3 is 0 Å². The van der Waals surface area contributed by atoms with Gasteiger partial charge in [-0.25, -0.2) is 4.98 Å². The van der Waals surface area contributed by atoms with Crippen LogP contribution in [0.1, 0.15) is 10.4 Å². The minimum atomic E-state index is 0.531. The van der Waals surface area contributed by atoms with Crippen LogP contribution in [-0.2, 0) is 6.54 Å². The molecule has 3 aromatic rings. The quantitative estimate of drug-likeness (QED) is 0.776. The van der Waals surface area contributed by atoms with Crippen molar-refractivity contribution in [1.82, 2.24) is 9.55 Å². The van der Waals surface area contributed by atoms with Gasteiger partial charge in [0.05, 0.1) is 17.6 Å². The molecule has 2 aromatic heterocycles. The number of thiophene rings is 1. The number of fused-ring (bicyclic) bond motifs is 1. The number of nitrogens with zero attached hydrogens (tertiary/aromatic N) is 2. The third kappa shape index (κ3) is 1.78. The van der Waals surface area contributed by atoms with Crippen molar-refractivity contribution in [3.05, 3.63) is 45.1 Å². The highest BCUT2D eigenvalue weighted by atomic mass is 35.5. The molecule has 0 aliphatic carbocycles. The summed E-state index contributed by atoms with van der Waals surface area (Å²) in [6, 6.07) is 7.90. The number of benzene rings is 1. The molecule has 0 amide bonds. The van der Waals surface area contributed by atoms with Crippen LogP contribution in [0.25, 0.3) is 11.0 Å². The van der Waals surface area contributed by atoms with Gasteiger partial charge in [0.1, 0.15) is 0 Å². The van der Waals surface area contributed by atoms with E-state index in [0.717, 1.165) is 28.2 Å². The molecule has 0 saturated carbocycles. The van der Waals surface area contributed by atoms with E-state index in [0.29, 0.717) is 5.95 Å². The van der Waals surface area contributed by atoms with Gasteiger partial charge in [-0.05, 0) is 36.1 Å². The van der Waals surface area contributed by atoms with Crippen LogP contribution in [0, 0.1) is 6.92 Å². The zero-order valence-corrected chi connectivity index (χ0v) is 11.4. The Bertz CT molecular complexity index is 701. The summed E-state index contributed by atoms with van der Waals surface area (Å²) in [4.78, 5) is 5.63. The number of nitrogens with two attached hydrogens (primary N) is 1. The topological polar surface area (TPSA) is 43.8 Å². The molecular weight excluding hydrogens is 266 g/mol. The third-order valence-electron chi connectivity index (χ3n) is 3.02. The Hall–Kier alpha value is -1.52. The average molecular weight is 278 g/mol. The van der Waals surface area contributed by atoms with E-state index in [1.54, 1.807) is 11.3 Å². The molecule has 5 heteroatoms. The minimum Gasteiger partial charge on any atom is -0.369 e. The maximum Gasteiger partial charge on any atom is 0.201 e. The number of hydrogen-bond acceptors (Lipinski definition) is 3. The number of hydrogen-bond donors (Lipinski definition) is 1. The second-order valence-corrected chi connectivity index (χ2v) is 5.62. The van der Waals surface area contributed by atoms with Gasteiger partial charge in [-0.1, -0.05) is 17.7 Å². The van der Waals surface area contributed by atoms with Crippen molar-refractivity contribution in [3.8, 4) is 0 Å². The maximum absolute atomic E-state index is 6.17. The Morgan fingerprint density at radius 2 is 2.22 bits per heavy atom. The van der Waals surface area contributed by atoms with Crippen LogP contribution < -0.4 is 5.73 Å². The van der Waals surface area contributed by atoms with E-state index in [1.807, 2.05) is 29.7 Å². The smallest absolute Gasteiger partial charge is 0.201 e. The number of imidazole rings is 1. The Kier molecular flexibility index (Phi) is 2.76. The highest BCUT2D eigenvalue weighted by Crippen LogP contribution is 2.28. The molecule has 0 atom stereocenters. The van der Waals surface area contributed by atoms with E-state index >= 15 is 0 Å². The van der Waals surface area contributed by atoms with Crippen LogP contribution in [0.15, 0.2) is 29.6 Å². The highest BCUT2D eigenvalue weighted by Gasteiger charge is 2.12. The van der Waals surface area contributed by atoms with Crippen LogP contribution in [0.5, 0.6) is 0 Å². The summed E-state index contributed by atoms with van der Waals surface area (Å²) in [5.41, 5.74) is 8.94. The van der Waals surface area contributed by atoms with Gasteiger partial charge in [-0.2, -0.15) is 0 Å². The normalized spacial score (nSPS) is 11.2. The summed E-state index contributed by atoms with van der Waals surface area (Å²) in [5.74, 6) is 0.531. The second kappa shape index (κ2) is 4.30. The summed E-state index contributed by atoms with van der Waals surface area (Å²) >= 11 is 7.88. The van der Waals surface area contributed by atoms with Crippen LogP contribution in [0.2, 0.25) is 5.02 Å². The molecule has 0 unspecified atom stereocenters. The summed E-state index contributed by atoms with van der Waals surface area (Å²) in [6.45, 7) is 2.73. The molecule has 0 aliphatic rings. The fourth-order valence-electron chi connectivity index (χ4n) is 2.11. The van der Waals surface area contributed by atoms with Gasteiger partial charge in [-0.15, -0.1) is 11.3 Å². The van der Waals surface area contributed by atoms with Crippen LogP contribution in [-0.4, -0.2) is 9.55 Å². The molecule has 92 valence electrons. The Labute approximate surface area is 114 Å². The first-order valence-corrected chi connectivity index (χ1v) is 6.86. The Morgan fingerprint density at radius 3 is 2.94 bits per heavy atom. The number of aryl methyl sites for hydroxylation is 1. The van der Waals surface area contributed by atoms with Crippen LogP contribution in [0.4, 0.5) is 5.95 Å². The maximum atomic E-state index is 6.17. The van der Waals surface area contributed by atoms with Gasteiger partial charge in [0.15, 0.2) is 0 Å². The molecule has 1 aromatic carbocycles. The summed E-state index contributed by atoms with van der Waals surface area (Å²) in [6.07, 6.45) is 0. The van der Waals surface area contributed by atoms with E-state index < -0.39 is 0 Å². The molecule has 0 fully saturated rings. The van der Waals surface area contributed by atoms with Crippen molar-refractivity contribution in [2.24, 2.45) is 0 Å². The van der Waals surface area contributed by atoms with Crippen molar-refractivity contribution >= 4 is 39.9 Å². The van der Waals surface area contributed by atoms with Gasteiger partial charge in [0.2, 0.25) is 5.95 Å². The first-order chi connectivity index (χ1) is 8.66. The first-order valence-electron chi connectivity index (χ1n) is 5.60. The molecule has 3 nitrogen and oxygen atoms in total. The largest absolute Gasteiger partial charge is 0.369 e. The number of anilines is 1. The zero-order valence-electron chi connectivity index (χ0n) is 9.85. The zero-order chi connectivity index (χ0) is 12.7. The van der Waals surface area contributed by atoms with Crippen molar-refractivity contribution in [2.45, 2.75) is 13.5 Å². The summed E-state index contributed by atoms with van der Waals surface area (Å²) < 4.78 is 2.02. The molecule has 0 spiro atoms. The first kappa shape index (κ1) is 11.6. The lowest BCUT2D eigenvalue weighted by atomic mass is 10.2. The van der Waals surface area contributed by atoms with Gasteiger partial charge in [-0.3, -0.25) is 0 Å². The molecule has 2 N–H and O–H groups in total. The average Bonchev–Trinajstić information content (AvgIpc) is 2.94. The Morgan fingerprint density at radius 1 is 1.39 bits per heavy atom.